The smallest absolute Gasteiger partial charge is 0.0469 e. The summed E-state index contributed by atoms with van der Waals surface area (Å²) in [5.74, 6) is 9.51. The average Bonchev–Trinajstić information content (AvgIpc) is 1.61. The predicted octanol–water partition coefficient (Wildman–Crippen LogP) is -1.61. The molecule has 4 heteroatoms. The van der Waals surface area contributed by atoms with Crippen LogP contribution in [-0.4, -0.2) is 12.8 Å². The minimum absolute atomic E-state index is 0.524. The number of rotatable bonds is 2. The molecule has 0 aliphatic rings. The van der Waals surface area contributed by atoms with Crippen LogP contribution in [0.3, 0.4) is 0 Å². The van der Waals surface area contributed by atoms with Crippen molar-refractivity contribution in [3.63, 3.8) is 0 Å². The summed E-state index contributed by atoms with van der Waals surface area (Å²) in [5.41, 5.74) is 2.34. The highest BCUT2D eigenvalue weighted by molar-refractivity contribution is 5.58. The number of hydrazine groups is 1. The van der Waals surface area contributed by atoms with Crippen LogP contribution in [-0.2, 0) is 0 Å². The van der Waals surface area contributed by atoms with E-state index in [1.165, 1.54) is 6.21 Å². The fraction of sp³-hybridized carbons (Fsp3) is 0.500. The molecule has 0 aromatic carbocycles. The molecule has 0 aromatic rings. The Labute approximate surface area is 36.2 Å². The highest BCUT2D eigenvalue weighted by Gasteiger charge is 1.62. The molecule has 0 aromatic heterocycles. The van der Waals surface area contributed by atoms with Gasteiger partial charge in [0.2, 0.25) is 0 Å². The van der Waals surface area contributed by atoms with Gasteiger partial charge in [-0.3, -0.25) is 11.3 Å². The highest BCUT2D eigenvalue weighted by atomic mass is 15.2. The molecule has 36 valence electrons. The van der Waals surface area contributed by atoms with E-state index in [-0.39, 0.29) is 0 Å². The second-order valence-electron chi connectivity index (χ2n) is 0.740. The summed E-state index contributed by atoms with van der Waals surface area (Å²) in [5, 5.41) is 3.16. The van der Waals surface area contributed by atoms with Gasteiger partial charge in [0.15, 0.2) is 0 Å². The molecular weight excluding hydrogens is 80.1 g/mol. The lowest BCUT2D eigenvalue weighted by Crippen LogP contribution is -2.23. The van der Waals surface area contributed by atoms with Crippen molar-refractivity contribution < 1.29 is 0 Å². The molecule has 4 nitrogen and oxygen atoms in total. The quantitative estimate of drug-likeness (QED) is 0.216. The Hall–Kier alpha value is -0.610. The van der Waals surface area contributed by atoms with E-state index in [4.69, 9.17) is 5.84 Å². The van der Waals surface area contributed by atoms with Crippen LogP contribution < -0.4 is 17.1 Å². The highest BCUT2D eigenvalue weighted by Crippen LogP contribution is 1.38. The monoisotopic (exact) mass is 88.1 g/mol. The molecule has 0 saturated carbocycles. The number of hydrazone groups is 1. The fourth-order valence-electron chi connectivity index (χ4n) is 0.105. The van der Waals surface area contributed by atoms with E-state index < -0.39 is 0 Å². The topological polar surface area (TPSA) is 76.4 Å². The molecule has 0 atom stereocenters. The second-order valence-corrected chi connectivity index (χ2v) is 0.740. The lowest BCUT2D eigenvalue weighted by molar-refractivity contribution is 0.850. The van der Waals surface area contributed by atoms with Crippen molar-refractivity contribution in [1.29, 1.82) is 0 Å². The van der Waals surface area contributed by atoms with Gasteiger partial charge in [0.25, 0.3) is 0 Å². The second kappa shape index (κ2) is 4.39. The maximum absolute atomic E-state index is 4.82. The van der Waals surface area contributed by atoms with Gasteiger partial charge < -0.3 is 5.84 Å². The third-order valence-corrected chi connectivity index (χ3v) is 0.315. The van der Waals surface area contributed by atoms with Crippen LogP contribution in [0.1, 0.15) is 0 Å². The molecule has 0 bridgehead atoms. The summed E-state index contributed by atoms with van der Waals surface area (Å²) in [7, 11) is 0. The first-order valence-electron chi connectivity index (χ1n) is 1.57. The molecule has 0 radical (unpaired) electrons. The molecule has 0 saturated heterocycles. The van der Waals surface area contributed by atoms with E-state index >= 15 is 0 Å². The summed E-state index contributed by atoms with van der Waals surface area (Å²) >= 11 is 0. The van der Waals surface area contributed by atoms with E-state index in [1.54, 1.807) is 0 Å². The normalized spacial score (nSPS) is 10.2. The predicted molar refractivity (Wildman–Crippen MR) is 24.9 cm³/mol. The van der Waals surface area contributed by atoms with Gasteiger partial charge in [-0.25, -0.2) is 0 Å². The Kier molecular flexibility index (Phi) is 3.94. The summed E-state index contributed by atoms with van der Waals surface area (Å²) in [6, 6.07) is 0. The number of hydrogen-bond donors (Lipinski definition) is 3. The Morgan fingerprint density at radius 2 is 2.50 bits per heavy atom. The molecule has 0 fully saturated rings. The largest absolute Gasteiger partial charge is 0.324 e. The van der Waals surface area contributed by atoms with Gasteiger partial charge in [-0.1, -0.05) is 0 Å². The summed E-state index contributed by atoms with van der Waals surface area (Å²) < 4.78 is 0. The third-order valence-electron chi connectivity index (χ3n) is 0.315. The van der Waals surface area contributed by atoms with Crippen molar-refractivity contribution >= 4 is 6.21 Å². The SMILES string of the molecule is NN=CCNN. The van der Waals surface area contributed by atoms with Crippen LogP contribution in [0.5, 0.6) is 0 Å². The van der Waals surface area contributed by atoms with Crippen molar-refractivity contribution in [3.8, 4) is 0 Å². The van der Waals surface area contributed by atoms with Gasteiger partial charge in [0.05, 0.1) is 0 Å². The molecule has 6 heavy (non-hydrogen) atoms. The number of nitrogens with one attached hydrogen (secondary N) is 1. The van der Waals surface area contributed by atoms with Crippen LogP contribution in [0.2, 0.25) is 0 Å². The average molecular weight is 88.1 g/mol. The van der Waals surface area contributed by atoms with Gasteiger partial charge in [-0.15, -0.1) is 0 Å². The first-order valence-corrected chi connectivity index (χ1v) is 1.57. The van der Waals surface area contributed by atoms with Crippen LogP contribution >= 0.6 is 0 Å². The van der Waals surface area contributed by atoms with Crippen molar-refractivity contribution in [3.05, 3.63) is 0 Å². The number of nitrogens with two attached hydrogens (primary N) is 2. The minimum atomic E-state index is 0.524. The van der Waals surface area contributed by atoms with Crippen molar-refractivity contribution in [2.24, 2.45) is 16.8 Å². The summed E-state index contributed by atoms with van der Waals surface area (Å²) in [4.78, 5) is 0. The van der Waals surface area contributed by atoms with E-state index in [1.807, 2.05) is 0 Å². The molecule has 0 spiro atoms. The van der Waals surface area contributed by atoms with E-state index in [2.05, 4.69) is 16.4 Å². The molecule has 0 rings (SSSR count). The van der Waals surface area contributed by atoms with E-state index in [0.29, 0.717) is 6.54 Å². The molecule has 0 amide bonds. The first kappa shape index (κ1) is 5.39. The van der Waals surface area contributed by atoms with Gasteiger partial charge in [0.1, 0.15) is 0 Å². The summed E-state index contributed by atoms with van der Waals surface area (Å²) in [6.07, 6.45) is 1.47. The lowest BCUT2D eigenvalue weighted by Gasteiger charge is -1.81. The number of nitrogens with zero attached hydrogens (tertiary/aromatic N) is 1. The Morgan fingerprint density at radius 1 is 1.83 bits per heavy atom. The van der Waals surface area contributed by atoms with Crippen molar-refractivity contribution in [1.82, 2.24) is 5.43 Å². The molecule has 0 unspecified atom stereocenters. The molecule has 0 aliphatic heterocycles. The molecule has 0 aliphatic carbocycles. The standard InChI is InChI=1S/C2H8N4/c3-5-1-2-6-4/h1,6H,2-4H2. The molecular formula is C2H8N4. The van der Waals surface area contributed by atoms with E-state index in [0.717, 1.165) is 0 Å². The van der Waals surface area contributed by atoms with Crippen molar-refractivity contribution in [2.75, 3.05) is 6.54 Å². The van der Waals surface area contributed by atoms with Crippen LogP contribution in [0, 0.1) is 0 Å². The van der Waals surface area contributed by atoms with Gasteiger partial charge in [-0.05, 0) is 0 Å². The Morgan fingerprint density at radius 3 is 2.67 bits per heavy atom. The molecule has 5 N–H and O–H groups in total. The zero-order valence-corrected chi connectivity index (χ0v) is 3.39. The zero-order valence-electron chi connectivity index (χ0n) is 3.39. The fourth-order valence-corrected chi connectivity index (χ4v) is 0.105. The zero-order chi connectivity index (χ0) is 4.83. The maximum Gasteiger partial charge on any atom is 0.0469 e. The minimum Gasteiger partial charge on any atom is -0.324 e. The maximum atomic E-state index is 4.82. The van der Waals surface area contributed by atoms with Gasteiger partial charge >= 0.3 is 0 Å². The van der Waals surface area contributed by atoms with Crippen molar-refractivity contribution in [2.45, 2.75) is 0 Å². The van der Waals surface area contributed by atoms with Crippen LogP contribution in [0.25, 0.3) is 0 Å². The Balaban J connectivity index is 2.66. The van der Waals surface area contributed by atoms with Gasteiger partial charge in [0, 0.05) is 12.8 Å². The van der Waals surface area contributed by atoms with E-state index in [9.17, 15) is 0 Å². The first-order chi connectivity index (χ1) is 2.91. The van der Waals surface area contributed by atoms with Crippen LogP contribution in [0.15, 0.2) is 5.10 Å². The molecule has 0 heterocycles. The number of hydrogen-bond acceptors (Lipinski definition) is 4. The summed E-state index contributed by atoms with van der Waals surface area (Å²) in [6.45, 7) is 0.524. The van der Waals surface area contributed by atoms with Gasteiger partial charge in [-0.2, -0.15) is 5.10 Å². The Bertz CT molecular complexity index is 40.8. The lowest BCUT2D eigenvalue weighted by atomic mass is 10.8. The third kappa shape index (κ3) is 3.39. The van der Waals surface area contributed by atoms with Crippen LogP contribution in [0.4, 0.5) is 0 Å².